The van der Waals surface area contributed by atoms with Crippen LogP contribution in [0.25, 0.3) is 17.1 Å². The third kappa shape index (κ3) is 4.24. The molecule has 3 heterocycles. The summed E-state index contributed by atoms with van der Waals surface area (Å²) in [5, 5.41) is 12.6. The number of carbonyl (C=O) groups is 1. The maximum Gasteiger partial charge on any atom is 0.277 e. The Bertz CT molecular complexity index is 1270. The SMILES string of the molecule is CCC#Cc1cccc(-c2csc(NC(=O)c3cnnn3-c3cccc(F)c3)n2)n1. The summed E-state index contributed by atoms with van der Waals surface area (Å²) in [5.41, 5.74) is 2.52. The summed E-state index contributed by atoms with van der Waals surface area (Å²) in [6, 6.07) is 11.3. The average molecular weight is 418 g/mol. The molecule has 30 heavy (non-hydrogen) atoms. The highest BCUT2D eigenvalue weighted by molar-refractivity contribution is 7.14. The summed E-state index contributed by atoms with van der Waals surface area (Å²) < 4.78 is 14.8. The molecule has 4 aromatic rings. The van der Waals surface area contributed by atoms with Gasteiger partial charge in [-0.15, -0.1) is 16.4 Å². The van der Waals surface area contributed by atoms with Gasteiger partial charge in [-0.05, 0) is 36.3 Å². The number of anilines is 1. The highest BCUT2D eigenvalue weighted by Crippen LogP contribution is 2.24. The summed E-state index contributed by atoms with van der Waals surface area (Å²) in [5.74, 6) is 5.09. The molecule has 0 aliphatic heterocycles. The number of aromatic nitrogens is 5. The van der Waals surface area contributed by atoms with Crippen LogP contribution in [0.5, 0.6) is 0 Å². The Morgan fingerprint density at radius 2 is 2.07 bits per heavy atom. The molecule has 7 nitrogen and oxygen atoms in total. The number of hydrogen-bond acceptors (Lipinski definition) is 6. The number of benzene rings is 1. The summed E-state index contributed by atoms with van der Waals surface area (Å²) in [6.45, 7) is 1.97. The van der Waals surface area contributed by atoms with E-state index in [0.29, 0.717) is 27.9 Å². The van der Waals surface area contributed by atoms with Gasteiger partial charge in [0.15, 0.2) is 10.8 Å². The number of nitrogens with zero attached hydrogens (tertiary/aromatic N) is 5. The number of amides is 1. The predicted octanol–water partition coefficient (Wildman–Crippen LogP) is 3.94. The Balaban J connectivity index is 1.54. The smallest absolute Gasteiger partial charge is 0.277 e. The van der Waals surface area contributed by atoms with E-state index in [1.807, 2.05) is 25.1 Å². The fourth-order valence-electron chi connectivity index (χ4n) is 2.62. The van der Waals surface area contributed by atoms with Gasteiger partial charge >= 0.3 is 0 Å². The molecule has 9 heteroatoms. The van der Waals surface area contributed by atoms with Crippen LogP contribution >= 0.6 is 11.3 Å². The molecule has 0 fully saturated rings. The van der Waals surface area contributed by atoms with Crippen LogP contribution in [0.3, 0.4) is 0 Å². The maximum absolute atomic E-state index is 13.5. The van der Waals surface area contributed by atoms with Gasteiger partial charge in [0.1, 0.15) is 17.2 Å². The van der Waals surface area contributed by atoms with E-state index >= 15 is 0 Å². The lowest BCUT2D eigenvalue weighted by Crippen LogP contribution is -2.17. The zero-order valence-corrected chi connectivity index (χ0v) is 16.7. The van der Waals surface area contributed by atoms with Crippen LogP contribution in [-0.4, -0.2) is 30.9 Å². The second-order valence-electron chi connectivity index (χ2n) is 6.07. The number of rotatable bonds is 4. The number of nitrogens with one attached hydrogen (secondary N) is 1. The summed E-state index contributed by atoms with van der Waals surface area (Å²) in [4.78, 5) is 21.6. The predicted molar refractivity (Wildman–Crippen MR) is 112 cm³/mol. The lowest BCUT2D eigenvalue weighted by atomic mass is 10.2. The van der Waals surface area contributed by atoms with Crippen LogP contribution < -0.4 is 5.32 Å². The molecule has 0 saturated carbocycles. The van der Waals surface area contributed by atoms with E-state index in [9.17, 15) is 9.18 Å². The third-order valence-electron chi connectivity index (χ3n) is 3.96. The zero-order chi connectivity index (χ0) is 20.9. The van der Waals surface area contributed by atoms with E-state index in [-0.39, 0.29) is 5.69 Å². The van der Waals surface area contributed by atoms with Crippen molar-refractivity contribution in [1.82, 2.24) is 25.0 Å². The molecule has 0 bridgehead atoms. The van der Waals surface area contributed by atoms with Crippen molar-refractivity contribution < 1.29 is 9.18 Å². The zero-order valence-electron chi connectivity index (χ0n) is 15.8. The summed E-state index contributed by atoms with van der Waals surface area (Å²) >= 11 is 1.27. The first-order valence-corrected chi connectivity index (χ1v) is 9.92. The lowest BCUT2D eigenvalue weighted by molar-refractivity contribution is 0.101. The van der Waals surface area contributed by atoms with Gasteiger partial charge in [0.05, 0.1) is 17.6 Å². The second-order valence-corrected chi connectivity index (χ2v) is 6.92. The van der Waals surface area contributed by atoms with E-state index in [0.717, 1.165) is 6.42 Å². The van der Waals surface area contributed by atoms with Gasteiger partial charge < -0.3 is 0 Å². The maximum atomic E-state index is 13.5. The lowest BCUT2D eigenvalue weighted by Gasteiger charge is -2.05. The summed E-state index contributed by atoms with van der Waals surface area (Å²) in [6.07, 6.45) is 2.06. The molecule has 148 valence electrons. The monoisotopic (exact) mass is 418 g/mol. The average Bonchev–Trinajstić information content (AvgIpc) is 3.42. The van der Waals surface area contributed by atoms with Gasteiger partial charge in [-0.3, -0.25) is 10.1 Å². The van der Waals surface area contributed by atoms with Gasteiger partial charge in [-0.2, -0.15) is 0 Å². The van der Waals surface area contributed by atoms with Crippen LogP contribution in [0.2, 0.25) is 0 Å². The summed E-state index contributed by atoms with van der Waals surface area (Å²) in [7, 11) is 0. The Morgan fingerprint density at radius 1 is 1.20 bits per heavy atom. The molecule has 0 atom stereocenters. The first kappa shape index (κ1) is 19.4. The van der Waals surface area contributed by atoms with E-state index in [2.05, 4.69) is 37.4 Å². The quantitative estimate of drug-likeness (QED) is 0.508. The molecule has 4 rings (SSSR count). The van der Waals surface area contributed by atoms with Crippen molar-refractivity contribution >= 4 is 22.4 Å². The van der Waals surface area contributed by atoms with E-state index in [4.69, 9.17) is 0 Å². The molecule has 1 amide bonds. The topological polar surface area (TPSA) is 85.6 Å². The standard InChI is InChI=1S/C21H15FN6OS/c1-2-3-7-15-8-5-10-17(24-15)18-13-30-21(25-18)26-20(29)19-12-23-27-28(19)16-9-4-6-14(22)11-16/h4-6,8-13H,2H2,1H3,(H,25,26,29). The Labute approximate surface area is 175 Å². The van der Waals surface area contributed by atoms with Gasteiger partial charge in [0.25, 0.3) is 5.91 Å². The molecule has 0 saturated heterocycles. The van der Waals surface area contributed by atoms with E-state index < -0.39 is 11.7 Å². The Kier molecular flexibility index (Phi) is 5.59. The molecular formula is C21H15FN6OS. The van der Waals surface area contributed by atoms with Gasteiger partial charge in [-0.25, -0.2) is 19.0 Å². The molecule has 1 aromatic carbocycles. The van der Waals surface area contributed by atoms with Crippen molar-refractivity contribution in [3.05, 3.63) is 71.2 Å². The minimum atomic E-state index is -0.458. The normalized spacial score (nSPS) is 10.3. The molecule has 0 aliphatic carbocycles. The van der Waals surface area contributed by atoms with Crippen molar-refractivity contribution in [3.63, 3.8) is 0 Å². The van der Waals surface area contributed by atoms with Crippen LogP contribution in [0, 0.1) is 17.7 Å². The fourth-order valence-corrected chi connectivity index (χ4v) is 3.32. The largest absolute Gasteiger partial charge is 0.296 e. The molecule has 0 spiro atoms. The number of halogens is 1. The third-order valence-corrected chi connectivity index (χ3v) is 4.72. The van der Waals surface area contributed by atoms with Crippen LogP contribution in [0.15, 0.2) is 54.0 Å². The van der Waals surface area contributed by atoms with Crippen molar-refractivity contribution in [2.45, 2.75) is 13.3 Å². The van der Waals surface area contributed by atoms with Crippen LogP contribution in [0.4, 0.5) is 9.52 Å². The van der Waals surface area contributed by atoms with Crippen molar-refractivity contribution in [3.8, 4) is 28.9 Å². The minimum absolute atomic E-state index is 0.160. The number of carbonyl (C=O) groups excluding carboxylic acids is 1. The van der Waals surface area contributed by atoms with Gasteiger partial charge in [-0.1, -0.05) is 30.2 Å². The second kappa shape index (κ2) is 8.63. The molecular weight excluding hydrogens is 403 g/mol. The fraction of sp³-hybridized carbons (Fsp3) is 0.0952. The van der Waals surface area contributed by atoms with Crippen LogP contribution in [-0.2, 0) is 0 Å². The van der Waals surface area contributed by atoms with Crippen molar-refractivity contribution in [2.75, 3.05) is 5.32 Å². The Hall–Kier alpha value is -3.90. The number of pyridine rings is 1. The first-order valence-electron chi connectivity index (χ1n) is 9.04. The first-order chi connectivity index (χ1) is 14.6. The molecule has 3 aromatic heterocycles. The van der Waals surface area contributed by atoms with Crippen molar-refractivity contribution in [1.29, 1.82) is 0 Å². The molecule has 0 radical (unpaired) electrons. The van der Waals surface area contributed by atoms with E-state index in [1.165, 1.54) is 40.4 Å². The highest BCUT2D eigenvalue weighted by Gasteiger charge is 2.17. The Morgan fingerprint density at radius 3 is 2.90 bits per heavy atom. The van der Waals surface area contributed by atoms with E-state index in [1.54, 1.807) is 11.4 Å². The number of hydrogen-bond donors (Lipinski definition) is 1. The van der Waals surface area contributed by atoms with Gasteiger partial charge in [0, 0.05) is 11.8 Å². The minimum Gasteiger partial charge on any atom is -0.296 e. The number of thiazole rings is 1. The molecule has 0 aliphatic rings. The van der Waals surface area contributed by atoms with Gasteiger partial charge in [0.2, 0.25) is 0 Å². The van der Waals surface area contributed by atoms with Crippen LogP contribution in [0.1, 0.15) is 29.5 Å². The molecule has 0 unspecified atom stereocenters. The highest BCUT2D eigenvalue weighted by atomic mass is 32.1. The van der Waals surface area contributed by atoms with Crippen molar-refractivity contribution in [2.24, 2.45) is 0 Å². The molecule has 1 N–H and O–H groups in total.